The molecule has 1 aliphatic carbocycles. The number of H-pyrrole nitrogens is 1. The van der Waals surface area contributed by atoms with Gasteiger partial charge >= 0.3 is 0 Å². The summed E-state index contributed by atoms with van der Waals surface area (Å²) in [5, 5.41) is 11.5. The van der Waals surface area contributed by atoms with Gasteiger partial charge in [0, 0.05) is 35.1 Å². The van der Waals surface area contributed by atoms with Crippen molar-refractivity contribution in [3.05, 3.63) is 65.4 Å². The van der Waals surface area contributed by atoms with E-state index >= 15 is 0 Å². The molecule has 28 heavy (non-hydrogen) atoms. The number of phenols is 1. The maximum absolute atomic E-state index is 13.6. The highest BCUT2D eigenvalue weighted by molar-refractivity contribution is 6.06. The first-order valence-electron chi connectivity index (χ1n) is 10.0. The van der Waals surface area contributed by atoms with E-state index < -0.39 is 0 Å². The highest BCUT2D eigenvalue weighted by Crippen LogP contribution is 2.57. The Morgan fingerprint density at radius 2 is 1.93 bits per heavy atom. The molecule has 1 amide bonds. The van der Waals surface area contributed by atoms with Crippen LogP contribution in [0.5, 0.6) is 5.75 Å². The van der Waals surface area contributed by atoms with Gasteiger partial charge < -0.3 is 15.0 Å². The second-order valence-corrected chi connectivity index (χ2v) is 9.07. The van der Waals surface area contributed by atoms with Crippen LogP contribution in [0, 0.1) is 5.41 Å². The molecular formula is C24H26N2O2. The van der Waals surface area contributed by atoms with E-state index in [0.29, 0.717) is 12.2 Å². The summed E-state index contributed by atoms with van der Waals surface area (Å²) in [7, 11) is 0. The Morgan fingerprint density at radius 3 is 2.75 bits per heavy atom. The average Bonchev–Trinajstić information content (AvgIpc) is 3.09. The number of fused-ring (bicyclic) bond motifs is 5. The molecule has 4 nitrogen and oxygen atoms in total. The molecule has 1 aliphatic heterocycles. The lowest BCUT2D eigenvalue weighted by atomic mass is 9.51. The zero-order chi connectivity index (χ0) is 19.7. The second kappa shape index (κ2) is 5.63. The van der Waals surface area contributed by atoms with Crippen LogP contribution in [0.3, 0.4) is 0 Å². The van der Waals surface area contributed by atoms with E-state index in [1.165, 1.54) is 5.56 Å². The fourth-order valence-electron chi connectivity index (χ4n) is 5.57. The quantitative estimate of drug-likeness (QED) is 0.652. The smallest absolute Gasteiger partial charge is 0.256 e. The summed E-state index contributed by atoms with van der Waals surface area (Å²) in [4.78, 5) is 18.9. The van der Waals surface area contributed by atoms with Crippen molar-refractivity contribution >= 4 is 16.8 Å². The van der Waals surface area contributed by atoms with Crippen molar-refractivity contribution in [1.82, 2.24) is 9.88 Å². The van der Waals surface area contributed by atoms with Crippen molar-refractivity contribution in [2.75, 3.05) is 6.54 Å². The molecule has 0 saturated carbocycles. The van der Waals surface area contributed by atoms with Gasteiger partial charge in [-0.25, -0.2) is 0 Å². The van der Waals surface area contributed by atoms with Gasteiger partial charge in [-0.2, -0.15) is 0 Å². The number of nitrogens with zero attached hydrogens (tertiary/aromatic N) is 1. The fourth-order valence-corrected chi connectivity index (χ4v) is 5.57. The maximum atomic E-state index is 13.6. The monoisotopic (exact) mass is 374 g/mol. The van der Waals surface area contributed by atoms with Crippen LogP contribution in [0.4, 0.5) is 0 Å². The van der Waals surface area contributed by atoms with E-state index in [1.807, 2.05) is 41.4 Å². The third-order valence-corrected chi connectivity index (χ3v) is 7.71. The van der Waals surface area contributed by atoms with E-state index in [2.05, 4.69) is 31.8 Å². The largest absolute Gasteiger partial charge is 0.508 e. The van der Waals surface area contributed by atoms with Gasteiger partial charge in [0.05, 0.1) is 5.56 Å². The molecule has 2 bridgehead atoms. The molecule has 2 heterocycles. The highest BCUT2D eigenvalue weighted by Gasteiger charge is 2.57. The summed E-state index contributed by atoms with van der Waals surface area (Å²) in [6, 6.07) is 13.9. The minimum Gasteiger partial charge on any atom is -0.508 e. The van der Waals surface area contributed by atoms with Crippen LogP contribution in [0.25, 0.3) is 10.9 Å². The van der Waals surface area contributed by atoms with Crippen molar-refractivity contribution in [2.24, 2.45) is 5.41 Å². The summed E-state index contributed by atoms with van der Waals surface area (Å²) < 4.78 is 0. The predicted octanol–water partition coefficient (Wildman–Crippen LogP) is 4.63. The molecule has 1 saturated heterocycles. The molecule has 5 rings (SSSR count). The minimum absolute atomic E-state index is 0.0493. The number of hydrogen-bond donors (Lipinski definition) is 2. The molecule has 1 unspecified atom stereocenters. The van der Waals surface area contributed by atoms with Crippen molar-refractivity contribution < 1.29 is 9.90 Å². The number of likely N-dealkylation sites (tertiary alicyclic amines) is 1. The Kier molecular flexibility index (Phi) is 3.49. The molecule has 2 N–H and O–H groups in total. The Morgan fingerprint density at radius 1 is 1.14 bits per heavy atom. The number of amides is 1. The van der Waals surface area contributed by atoms with Gasteiger partial charge in [0.2, 0.25) is 0 Å². The number of piperidine rings is 1. The highest BCUT2D eigenvalue weighted by atomic mass is 16.3. The number of aromatic hydroxyl groups is 1. The lowest BCUT2D eigenvalue weighted by molar-refractivity contribution is -0.0265. The fraction of sp³-hybridized carbons (Fsp3) is 0.375. The molecule has 4 heteroatoms. The number of aromatic amines is 1. The lowest BCUT2D eigenvalue weighted by Gasteiger charge is -2.60. The number of para-hydroxylation sites is 1. The molecule has 1 aromatic heterocycles. The number of nitrogens with one attached hydrogen (secondary N) is 1. The van der Waals surface area contributed by atoms with Crippen LogP contribution in [-0.4, -0.2) is 33.5 Å². The molecule has 0 spiro atoms. The number of phenolic OH excluding ortho intramolecular Hbond substituents is 1. The third kappa shape index (κ3) is 2.09. The average molecular weight is 374 g/mol. The SMILES string of the molecule is CC1(C)C2Cc3c(O)cccc3[C@]1(C)CCN2C(=O)c1c[nH]c2ccccc12. The van der Waals surface area contributed by atoms with Crippen LogP contribution < -0.4 is 0 Å². The summed E-state index contributed by atoms with van der Waals surface area (Å²) in [6.45, 7) is 7.58. The van der Waals surface area contributed by atoms with E-state index in [9.17, 15) is 9.90 Å². The standard InChI is InChI=1S/C24H26N2O2/c1-23(2)21-13-16-18(8-6-10-20(16)27)24(23,3)11-12-26(21)22(28)17-14-25-19-9-5-4-7-15(17)19/h4-10,14,21,25,27H,11-13H2,1-3H3/t21?,24-/m0/s1. The number of benzene rings is 2. The van der Waals surface area contributed by atoms with Gasteiger partial charge in [0.1, 0.15) is 5.75 Å². The van der Waals surface area contributed by atoms with Gasteiger partial charge in [0.25, 0.3) is 5.91 Å². The molecule has 1 fully saturated rings. The number of aromatic nitrogens is 1. The summed E-state index contributed by atoms with van der Waals surface area (Å²) >= 11 is 0. The van der Waals surface area contributed by atoms with E-state index in [-0.39, 0.29) is 22.8 Å². The first-order valence-corrected chi connectivity index (χ1v) is 10.0. The second-order valence-electron chi connectivity index (χ2n) is 9.07. The molecule has 144 valence electrons. The van der Waals surface area contributed by atoms with E-state index in [4.69, 9.17) is 0 Å². The summed E-state index contributed by atoms with van der Waals surface area (Å²) in [5.41, 5.74) is 3.81. The summed E-state index contributed by atoms with van der Waals surface area (Å²) in [5.74, 6) is 0.432. The van der Waals surface area contributed by atoms with Crippen LogP contribution >= 0.6 is 0 Å². The molecule has 2 aromatic carbocycles. The van der Waals surface area contributed by atoms with Gasteiger partial charge in [-0.1, -0.05) is 51.1 Å². The first-order chi connectivity index (χ1) is 13.3. The van der Waals surface area contributed by atoms with Crippen molar-refractivity contribution in [1.29, 1.82) is 0 Å². The number of hydrogen-bond acceptors (Lipinski definition) is 2. The molecule has 2 aliphatic rings. The van der Waals surface area contributed by atoms with Crippen LogP contribution in [0.1, 0.15) is 48.7 Å². The Labute approximate surface area is 165 Å². The number of carbonyl (C=O) groups is 1. The number of carbonyl (C=O) groups excluding carboxylic acids is 1. The Hall–Kier alpha value is -2.75. The molecule has 3 aromatic rings. The lowest BCUT2D eigenvalue weighted by Crippen LogP contribution is -2.64. The molecule has 0 radical (unpaired) electrons. The zero-order valence-corrected chi connectivity index (χ0v) is 16.6. The predicted molar refractivity (Wildman–Crippen MR) is 111 cm³/mol. The first kappa shape index (κ1) is 17.4. The molecular weight excluding hydrogens is 348 g/mol. The van der Waals surface area contributed by atoms with Crippen LogP contribution in [0.2, 0.25) is 0 Å². The zero-order valence-electron chi connectivity index (χ0n) is 16.6. The van der Waals surface area contributed by atoms with Gasteiger partial charge in [-0.15, -0.1) is 0 Å². The third-order valence-electron chi connectivity index (χ3n) is 7.71. The van der Waals surface area contributed by atoms with Gasteiger partial charge in [0.15, 0.2) is 0 Å². The maximum Gasteiger partial charge on any atom is 0.256 e. The number of rotatable bonds is 1. The van der Waals surface area contributed by atoms with Crippen molar-refractivity contribution in [3.63, 3.8) is 0 Å². The van der Waals surface area contributed by atoms with Crippen LogP contribution in [0.15, 0.2) is 48.7 Å². The van der Waals surface area contributed by atoms with E-state index in [1.54, 1.807) is 6.07 Å². The van der Waals surface area contributed by atoms with Crippen molar-refractivity contribution in [3.8, 4) is 5.75 Å². The van der Waals surface area contributed by atoms with Gasteiger partial charge in [-0.3, -0.25) is 4.79 Å². The molecule has 2 atom stereocenters. The summed E-state index contributed by atoms with van der Waals surface area (Å²) in [6.07, 6.45) is 3.42. The van der Waals surface area contributed by atoms with Gasteiger partial charge in [-0.05, 0) is 41.5 Å². The normalized spacial score (nSPS) is 25.5. The Bertz CT molecular complexity index is 1100. The topological polar surface area (TPSA) is 56.3 Å². The van der Waals surface area contributed by atoms with E-state index in [0.717, 1.165) is 35.0 Å². The van der Waals surface area contributed by atoms with Crippen molar-refractivity contribution in [2.45, 2.75) is 45.1 Å². The minimum atomic E-state index is -0.0895. The van der Waals surface area contributed by atoms with Crippen LogP contribution in [-0.2, 0) is 11.8 Å². The Balaban J connectivity index is 1.61.